The number of imidazole rings is 1. The van der Waals surface area contributed by atoms with Crippen LogP contribution in [-0.4, -0.2) is 48.8 Å². The summed E-state index contributed by atoms with van der Waals surface area (Å²) in [5.41, 5.74) is 0.414. The van der Waals surface area contributed by atoms with Crippen molar-refractivity contribution in [2.75, 3.05) is 6.54 Å². The maximum absolute atomic E-state index is 13.2. The second kappa shape index (κ2) is 10.4. The summed E-state index contributed by atoms with van der Waals surface area (Å²) in [5.74, 6) is -1.36. The first-order valence-electron chi connectivity index (χ1n) is 11.5. The summed E-state index contributed by atoms with van der Waals surface area (Å²) in [4.78, 5) is 42.5. The predicted molar refractivity (Wildman–Crippen MR) is 131 cm³/mol. The first-order valence-corrected chi connectivity index (χ1v) is 11.5. The number of hydrogen-bond acceptors (Lipinski definition) is 7. The minimum absolute atomic E-state index is 0.0361. The van der Waals surface area contributed by atoms with Gasteiger partial charge in [-0.3, -0.25) is 19.7 Å². The van der Waals surface area contributed by atoms with Crippen molar-refractivity contribution in [1.82, 2.24) is 14.5 Å². The third kappa shape index (κ3) is 5.12. The standard InChI is InChI=1S/C26H26N4O6/c1-17(2)36-21-9-7-18(8-10-21)24(31)22-23(19-5-3-6-20(15-19)30(34)35)29(26(33)25(22)32)13-4-12-28-14-11-27-16-28/h3,5-11,14-17,23,31H,4,12-13H2,1-2H3/t23-/m1/s1. The van der Waals surface area contributed by atoms with Crippen molar-refractivity contribution in [2.24, 2.45) is 0 Å². The number of aliphatic hydroxyl groups is 1. The Hall–Kier alpha value is -4.47. The molecule has 1 fully saturated rings. The largest absolute Gasteiger partial charge is 0.507 e. The molecule has 0 radical (unpaired) electrons. The molecule has 1 aliphatic heterocycles. The number of aryl methyl sites for hydroxylation is 1. The van der Waals surface area contributed by atoms with Crippen LogP contribution >= 0.6 is 0 Å². The van der Waals surface area contributed by atoms with Crippen LogP contribution in [-0.2, 0) is 16.1 Å². The van der Waals surface area contributed by atoms with Crippen LogP contribution in [0.15, 0.2) is 72.8 Å². The first kappa shape index (κ1) is 24.6. The maximum Gasteiger partial charge on any atom is 0.295 e. The zero-order valence-electron chi connectivity index (χ0n) is 19.9. The van der Waals surface area contributed by atoms with Crippen LogP contribution in [0, 0.1) is 10.1 Å². The number of nitro groups is 1. The summed E-state index contributed by atoms with van der Waals surface area (Å²) in [6, 6.07) is 11.3. The van der Waals surface area contributed by atoms with Gasteiger partial charge in [-0.15, -0.1) is 0 Å². The van der Waals surface area contributed by atoms with Gasteiger partial charge < -0.3 is 19.3 Å². The third-order valence-corrected chi connectivity index (χ3v) is 5.81. The second-order valence-corrected chi connectivity index (χ2v) is 8.69. The highest BCUT2D eigenvalue weighted by Crippen LogP contribution is 2.40. The molecule has 36 heavy (non-hydrogen) atoms. The number of carbonyl (C=O) groups excluding carboxylic acids is 2. The van der Waals surface area contributed by atoms with Crippen LogP contribution in [0.2, 0.25) is 0 Å². The molecule has 0 unspecified atom stereocenters. The van der Waals surface area contributed by atoms with Crippen molar-refractivity contribution in [2.45, 2.75) is 39.0 Å². The van der Waals surface area contributed by atoms with Gasteiger partial charge in [-0.2, -0.15) is 0 Å². The molecule has 1 aliphatic rings. The quantitative estimate of drug-likeness (QED) is 0.157. The Morgan fingerprint density at radius 1 is 1.17 bits per heavy atom. The number of non-ortho nitro benzene ring substituents is 1. The Morgan fingerprint density at radius 3 is 2.56 bits per heavy atom. The molecule has 10 heteroatoms. The van der Waals surface area contributed by atoms with Crippen molar-refractivity contribution in [3.8, 4) is 5.75 Å². The van der Waals surface area contributed by atoms with Crippen LogP contribution in [0.4, 0.5) is 5.69 Å². The summed E-state index contributed by atoms with van der Waals surface area (Å²) in [6.07, 6.45) is 5.56. The lowest BCUT2D eigenvalue weighted by molar-refractivity contribution is -0.384. The van der Waals surface area contributed by atoms with E-state index in [2.05, 4.69) is 4.98 Å². The third-order valence-electron chi connectivity index (χ3n) is 5.81. The highest BCUT2D eigenvalue weighted by molar-refractivity contribution is 6.46. The fraction of sp³-hybridized carbons (Fsp3) is 0.269. The van der Waals surface area contributed by atoms with Crippen LogP contribution in [0.5, 0.6) is 5.75 Å². The summed E-state index contributed by atoms with van der Waals surface area (Å²) in [6.45, 7) is 4.54. The Labute approximate surface area is 207 Å². The molecule has 1 N–H and O–H groups in total. The Morgan fingerprint density at radius 2 is 1.92 bits per heavy atom. The number of amides is 1. The normalized spacial score (nSPS) is 17.1. The summed E-state index contributed by atoms with van der Waals surface area (Å²) >= 11 is 0. The molecule has 2 heterocycles. The number of carbonyl (C=O) groups is 2. The zero-order valence-corrected chi connectivity index (χ0v) is 19.9. The number of likely N-dealkylation sites (tertiary alicyclic amines) is 1. The number of nitro benzene ring substituents is 1. The van der Waals surface area contributed by atoms with Crippen molar-refractivity contribution < 1.29 is 24.4 Å². The van der Waals surface area contributed by atoms with Gasteiger partial charge in [-0.05, 0) is 50.1 Å². The van der Waals surface area contributed by atoms with Crippen molar-refractivity contribution in [3.05, 3.63) is 94.1 Å². The molecule has 1 atom stereocenters. The number of Topliss-reactive ketones (excluding diaryl/α,β-unsaturated/α-hetero) is 1. The average molecular weight is 491 g/mol. The molecule has 3 aromatic rings. The van der Waals surface area contributed by atoms with Gasteiger partial charge in [-0.1, -0.05) is 12.1 Å². The molecule has 0 saturated carbocycles. The lowest BCUT2D eigenvalue weighted by Crippen LogP contribution is -2.31. The van der Waals surface area contributed by atoms with Gasteiger partial charge in [0.05, 0.1) is 29.0 Å². The molecule has 1 amide bonds. The number of aromatic nitrogens is 2. The molecule has 0 aliphatic carbocycles. The van der Waals surface area contributed by atoms with E-state index in [1.807, 2.05) is 18.4 Å². The van der Waals surface area contributed by atoms with Crippen LogP contribution < -0.4 is 4.74 Å². The summed E-state index contributed by atoms with van der Waals surface area (Å²) in [5, 5.41) is 22.6. The number of aliphatic hydroxyl groups excluding tert-OH is 1. The Bertz CT molecular complexity index is 1300. The van der Waals surface area contributed by atoms with Gasteiger partial charge in [-0.25, -0.2) is 4.98 Å². The average Bonchev–Trinajstić information content (AvgIpc) is 3.46. The van der Waals surface area contributed by atoms with E-state index in [0.29, 0.717) is 29.8 Å². The van der Waals surface area contributed by atoms with Crippen molar-refractivity contribution in [3.63, 3.8) is 0 Å². The second-order valence-electron chi connectivity index (χ2n) is 8.69. The smallest absolute Gasteiger partial charge is 0.295 e. The molecular weight excluding hydrogens is 464 g/mol. The van der Waals surface area contributed by atoms with Gasteiger partial charge in [0.25, 0.3) is 17.4 Å². The molecule has 0 bridgehead atoms. The summed E-state index contributed by atoms with van der Waals surface area (Å²) < 4.78 is 7.48. The monoisotopic (exact) mass is 490 g/mol. The zero-order chi connectivity index (χ0) is 25.8. The van der Waals surface area contributed by atoms with E-state index in [-0.39, 0.29) is 29.7 Å². The van der Waals surface area contributed by atoms with Gasteiger partial charge in [0, 0.05) is 43.2 Å². The topological polar surface area (TPSA) is 128 Å². The Balaban J connectivity index is 1.73. The molecule has 1 saturated heterocycles. The molecule has 0 spiro atoms. The predicted octanol–water partition coefficient (Wildman–Crippen LogP) is 4.09. The summed E-state index contributed by atoms with van der Waals surface area (Å²) in [7, 11) is 0. The van der Waals surface area contributed by atoms with E-state index in [1.165, 1.54) is 23.1 Å². The maximum atomic E-state index is 13.2. The van der Waals surface area contributed by atoms with Crippen molar-refractivity contribution >= 4 is 23.1 Å². The number of nitrogens with zero attached hydrogens (tertiary/aromatic N) is 4. The minimum Gasteiger partial charge on any atom is -0.507 e. The van der Waals surface area contributed by atoms with Crippen molar-refractivity contribution in [1.29, 1.82) is 0 Å². The van der Waals surface area contributed by atoms with Gasteiger partial charge in [0.2, 0.25) is 0 Å². The Kier molecular flexibility index (Phi) is 7.14. The number of ketones is 1. The lowest BCUT2D eigenvalue weighted by Gasteiger charge is -2.25. The fourth-order valence-electron chi connectivity index (χ4n) is 4.23. The lowest BCUT2D eigenvalue weighted by atomic mass is 9.95. The van der Waals surface area contributed by atoms with E-state index < -0.39 is 22.7 Å². The SMILES string of the molecule is CC(C)Oc1ccc(C(O)=C2C(=O)C(=O)N(CCCn3ccnc3)[C@@H]2c2cccc([N+](=O)[O-])c2)cc1. The fourth-order valence-corrected chi connectivity index (χ4v) is 4.23. The van der Waals surface area contributed by atoms with Gasteiger partial charge >= 0.3 is 0 Å². The van der Waals surface area contributed by atoms with Crippen LogP contribution in [0.1, 0.15) is 37.4 Å². The van der Waals surface area contributed by atoms with Gasteiger partial charge in [0.1, 0.15) is 11.5 Å². The molecule has 1 aromatic heterocycles. The minimum atomic E-state index is -0.973. The van der Waals surface area contributed by atoms with E-state index in [9.17, 15) is 24.8 Å². The molecule has 4 rings (SSSR count). The van der Waals surface area contributed by atoms with Gasteiger partial charge in [0.15, 0.2) is 0 Å². The number of benzene rings is 2. The van der Waals surface area contributed by atoms with Crippen LogP contribution in [0.25, 0.3) is 5.76 Å². The van der Waals surface area contributed by atoms with E-state index in [4.69, 9.17) is 4.74 Å². The molecule has 186 valence electrons. The van der Waals surface area contributed by atoms with E-state index in [1.54, 1.807) is 49.1 Å². The number of hydrogen-bond donors (Lipinski definition) is 1. The molecular formula is C26H26N4O6. The highest BCUT2D eigenvalue weighted by atomic mass is 16.6. The van der Waals surface area contributed by atoms with E-state index in [0.717, 1.165) is 0 Å². The van der Waals surface area contributed by atoms with E-state index >= 15 is 0 Å². The first-order chi connectivity index (χ1) is 17.3. The van der Waals surface area contributed by atoms with Crippen LogP contribution in [0.3, 0.4) is 0 Å². The molecule has 10 nitrogen and oxygen atoms in total. The highest BCUT2D eigenvalue weighted by Gasteiger charge is 2.46. The number of ether oxygens (including phenoxy) is 1. The molecule has 2 aromatic carbocycles. The number of rotatable bonds is 9.